The number of carbonyl (C=O) groups is 2. The number of benzene rings is 2. The first-order valence-corrected chi connectivity index (χ1v) is 11.7. The van der Waals surface area contributed by atoms with Crippen LogP contribution in [0.4, 0.5) is 18.2 Å². The molecule has 0 saturated heterocycles. The minimum atomic E-state index is -4.39. The minimum Gasteiger partial charge on any atom is -0.478 e. The SMILES string of the molecule is CC(NC(=O)c1c(NCc2ccc(C(F)(F)F)cc2)sc2c1CCOC2)c1ccc(C(=O)O)cc1. The number of thiophene rings is 1. The van der Waals surface area contributed by atoms with Crippen LogP contribution in [0.25, 0.3) is 0 Å². The maximum absolute atomic E-state index is 13.3. The van der Waals surface area contributed by atoms with Gasteiger partial charge in [0.05, 0.1) is 35.9 Å². The molecule has 1 atom stereocenters. The highest BCUT2D eigenvalue weighted by Crippen LogP contribution is 2.37. The summed E-state index contributed by atoms with van der Waals surface area (Å²) in [6.45, 7) is 2.96. The van der Waals surface area contributed by atoms with E-state index in [9.17, 15) is 22.8 Å². The first-order valence-electron chi connectivity index (χ1n) is 10.9. The number of hydrogen-bond donors (Lipinski definition) is 3. The van der Waals surface area contributed by atoms with Gasteiger partial charge in [0.2, 0.25) is 0 Å². The van der Waals surface area contributed by atoms with Crippen molar-refractivity contribution in [2.45, 2.75) is 38.7 Å². The summed E-state index contributed by atoms with van der Waals surface area (Å²) in [6, 6.07) is 10.8. The second kappa shape index (κ2) is 10.1. The predicted octanol–water partition coefficient (Wildman–Crippen LogP) is 5.64. The zero-order valence-corrected chi connectivity index (χ0v) is 19.6. The topological polar surface area (TPSA) is 87.7 Å². The molecule has 3 aromatic rings. The molecule has 1 aromatic heterocycles. The second-order valence-corrected chi connectivity index (χ2v) is 9.29. The van der Waals surface area contributed by atoms with E-state index in [1.54, 1.807) is 12.1 Å². The molecular weight excluding hydrogens is 481 g/mol. The zero-order chi connectivity index (χ0) is 25.2. The van der Waals surface area contributed by atoms with Gasteiger partial charge in [0.1, 0.15) is 5.00 Å². The number of carboxylic acid groups (broad SMARTS) is 1. The Morgan fingerprint density at radius 3 is 2.43 bits per heavy atom. The smallest absolute Gasteiger partial charge is 0.416 e. The van der Waals surface area contributed by atoms with E-state index in [4.69, 9.17) is 9.84 Å². The van der Waals surface area contributed by atoms with E-state index < -0.39 is 17.7 Å². The standard InChI is InChI=1S/C25H23F3N2O4S/c1-14(16-4-6-17(7-5-16)24(32)33)30-22(31)21-19-10-11-34-13-20(19)35-23(21)29-12-15-2-8-18(9-3-15)25(26,27)28/h2-9,14,29H,10-13H2,1H3,(H,30,31)(H,32,33). The van der Waals surface area contributed by atoms with Crippen molar-refractivity contribution in [1.82, 2.24) is 5.32 Å². The van der Waals surface area contributed by atoms with E-state index in [0.717, 1.165) is 28.1 Å². The average molecular weight is 505 g/mol. The quantitative estimate of drug-likeness (QED) is 0.388. The van der Waals surface area contributed by atoms with Crippen molar-refractivity contribution < 1.29 is 32.6 Å². The predicted molar refractivity (Wildman–Crippen MR) is 126 cm³/mol. The van der Waals surface area contributed by atoms with Crippen molar-refractivity contribution in [3.8, 4) is 0 Å². The van der Waals surface area contributed by atoms with E-state index in [2.05, 4.69) is 10.6 Å². The van der Waals surface area contributed by atoms with Crippen LogP contribution in [0.5, 0.6) is 0 Å². The number of rotatable bonds is 7. The molecule has 35 heavy (non-hydrogen) atoms. The Balaban J connectivity index is 1.52. The van der Waals surface area contributed by atoms with Crippen molar-refractivity contribution in [1.29, 1.82) is 0 Å². The monoisotopic (exact) mass is 504 g/mol. The van der Waals surface area contributed by atoms with Crippen LogP contribution in [0.15, 0.2) is 48.5 Å². The minimum absolute atomic E-state index is 0.161. The lowest BCUT2D eigenvalue weighted by Gasteiger charge is -2.18. The van der Waals surface area contributed by atoms with Gasteiger partial charge in [-0.1, -0.05) is 24.3 Å². The van der Waals surface area contributed by atoms with Crippen LogP contribution < -0.4 is 10.6 Å². The number of alkyl halides is 3. The lowest BCUT2D eigenvalue weighted by molar-refractivity contribution is -0.137. The van der Waals surface area contributed by atoms with Gasteiger partial charge in [-0.3, -0.25) is 4.79 Å². The Morgan fingerprint density at radius 2 is 1.80 bits per heavy atom. The van der Waals surface area contributed by atoms with Crippen LogP contribution in [-0.4, -0.2) is 23.6 Å². The number of hydrogen-bond acceptors (Lipinski definition) is 5. The third kappa shape index (κ3) is 5.66. The summed E-state index contributed by atoms with van der Waals surface area (Å²) in [5.41, 5.74) is 2.27. The third-order valence-corrected chi connectivity index (χ3v) is 6.95. The summed E-state index contributed by atoms with van der Waals surface area (Å²) >= 11 is 1.40. The number of halogens is 3. The molecule has 1 aliphatic heterocycles. The van der Waals surface area contributed by atoms with E-state index in [1.165, 1.54) is 35.6 Å². The molecule has 1 aliphatic rings. The molecule has 10 heteroatoms. The molecule has 6 nitrogen and oxygen atoms in total. The second-order valence-electron chi connectivity index (χ2n) is 8.18. The van der Waals surface area contributed by atoms with E-state index in [0.29, 0.717) is 35.8 Å². The molecule has 0 radical (unpaired) electrons. The summed E-state index contributed by atoms with van der Waals surface area (Å²) in [6.07, 6.45) is -3.81. The molecule has 184 valence electrons. The summed E-state index contributed by atoms with van der Waals surface area (Å²) in [7, 11) is 0. The molecule has 1 amide bonds. The van der Waals surface area contributed by atoms with Crippen LogP contribution in [-0.2, 0) is 30.5 Å². The number of aromatic carboxylic acids is 1. The van der Waals surface area contributed by atoms with Crippen LogP contribution >= 0.6 is 11.3 Å². The maximum Gasteiger partial charge on any atom is 0.416 e. The number of carboxylic acids is 1. The first kappa shape index (κ1) is 24.7. The van der Waals surface area contributed by atoms with Crippen molar-refractivity contribution in [2.24, 2.45) is 0 Å². The molecule has 0 aliphatic carbocycles. The van der Waals surface area contributed by atoms with Crippen molar-refractivity contribution >= 4 is 28.2 Å². The van der Waals surface area contributed by atoms with E-state index in [1.807, 2.05) is 6.92 Å². The number of nitrogens with one attached hydrogen (secondary N) is 2. The maximum atomic E-state index is 13.3. The number of fused-ring (bicyclic) bond motifs is 1. The lowest BCUT2D eigenvalue weighted by atomic mass is 10.0. The van der Waals surface area contributed by atoms with Crippen LogP contribution in [0, 0.1) is 0 Å². The number of amides is 1. The van der Waals surface area contributed by atoms with Gasteiger partial charge >= 0.3 is 12.1 Å². The largest absolute Gasteiger partial charge is 0.478 e. The number of anilines is 1. The van der Waals surface area contributed by atoms with Crippen molar-refractivity contribution in [2.75, 3.05) is 11.9 Å². The van der Waals surface area contributed by atoms with Gasteiger partial charge < -0.3 is 20.5 Å². The fourth-order valence-electron chi connectivity index (χ4n) is 3.86. The van der Waals surface area contributed by atoms with Gasteiger partial charge in [-0.15, -0.1) is 11.3 Å². The summed E-state index contributed by atoms with van der Waals surface area (Å²) in [5.74, 6) is -1.31. The van der Waals surface area contributed by atoms with Gasteiger partial charge in [0, 0.05) is 11.4 Å². The fourth-order valence-corrected chi connectivity index (χ4v) is 5.04. The molecule has 0 saturated carbocycles. The number of ether oxygens (including phenoxy) is 1. The Hall–Kier alpha value is -3.37. The number of carbonyl (C=O) groups excluding carboxylic acids is 1. The van der Waals surface area contributed by atoms with Gasteiger partial charge in [-0.25, -0.2) is 4.79 Å². The normalized spacial score (nSPS) is 14.2. The van der Waals surface area contributed by atoms with Gasteiger partial charge in [-0.05, 0) is 54.3 Å². The Kier molecular flexibility index (Phi) is 7.13. The lowest BCUT2D eigenvalue weighted by Crippen LogP contribution is -2.28. The molecule has 0 bridgehead atoms. The highest BCUT2D eigenvalue weighted by atomic mass is 32.1. The van der Waals surface area contributed by atoms with E-state index in [-0.39, 0.29) is 24.1 Å². The highest BCUT2D eigenvalue weighted by molar-refractivity contribution is 7.16. The summed E-state index contributed by atoms with van der Waals surface area (Å²) in [4.78, 5) is 25.3. The molecule has 4 rings (SSSR count). The average Bonchev–Trinajstić information content (AvgIpc) is 3.21. The van der Waals surface area contributed by atoms with Gasteiger partial charge in [0.15, 0.2) is 0 Å². The van der Waals surface area contributed by atoms with E-state index >= 15 is 0 Å². The Bertz CT molecular complexity index is 1220. The van der Waals surface area contributed by atoms with Crippen molar-refractivity contribution in [3.63, 3.8) is 0 Å². The van der Waals surface area contributed by atoms with Crippen LogP contribution in [0.1, 0.15) is 60.8 Å². The molecule has 0 fully saturated rings. The summed E-state index contributed by atoms with van der Waals surface area (Å²) < 4.78 is 44.0. The van der Waals surface area contributed by atoms with Crippen LogP contribution in [0.2, 0.25) is 0 Å². The molecule has 2 heterocycles. The molecular formula is C25H23F3N2O4S. The highest BCUT2D eigenvalue weighted by Gasteiger charge is 2.30. The summed E-state index contributed by atoms with van der Waals surface area (Å²) in [5, 5.41) is 15.9. The van der Waals surface area contributed by atoms with Crippen molar-refractivity contribution in [3.05, 3.63) is 86.8 Å². The Labute approximate surface area is 203 Å². The molecule has 3 N–H and O–H groups in total. The zero-order valence-electron chi connectivity index (χ0n) is 18.7. The van der Waals surface area contributed by atoms with Gasteiger partial charge in [-0.2, -0.15) is 13.2 Å². The van der Waals surface area contributed by atoms with Crippen LogP contribution in [0.3, 0.4) is 0 Å². The first-order chi connectivity index (χ1) is 16.6. The van der Waals surface area contributed by atoms with Gasteiger partial charge in [0.25, 0.3) is 5.91 Å². The molecule has 0 spiro atoms. The Morgan fingerprint density at radius 1 is 1.11 bits per heavy atom. The fraction of sp³-hybridized carbons (Fsp3) is 0.280. The molecule has 2 aromatic carbocycles. The third-order valence-electron chi connectivity index (χ3n) is 5.79. The molecule has 1 unspecified atom stereocenters.